The van der Waals surface area contributed by atoms with Gasteiger partial charge < -0.3 is 22.1 Å². The number of aliphatic carboxylic acids is 1. The fourth-order valence-corrected chi connectivity index (χ4v) is 4.34. The Bertz CT molecular complexity index is 1190. The molecule has 0 unspecified atom stereocenters. The summed E-state index contributed by atoms with van der Waals surface area (Å²) >= 11 is 0. The fourth-order valence-electron chi connectivity index (χ4n) is 4.34. The molecular weight excluding hydrogens is 500 g/mol. The van der Waals surface area contributed by atoms with Gasteiger partial charge in [-0.1, -0.05) is 44.2 Å². The molecule has 4 N–H and O–H groups in total. The van der Waals surface area contributed by atoms with E-state index >= 15 is 0 Å². The third kappa shape index (κ3) is 9.03. The molecular formula is C28H35FN3NaO5. The van der Waals surface area contributed by atoms with Crippen molar-refractivity contribution in [3.63, 3.8) is 0 Å². The normalized spacial score (nSPS) is 12.6. The van der Waals surface area contributed by atoms with Crippen LogP contribution in [-0.2, 0) is 17.6 Å². The molecule has 0 aliphatic rings. The van der Waals surface area contributed by atoms with Gasteiger partial charge in [0.05, 0.1) is 24.3 Å². The number of carbonyl (C=O) groups excluding carboxylic acids is 1. The van der Waals surface area contributed by atoms with Crippen LogP contribution in [0.3, 0.4) is 0 Å². The van der Waals surface area contributed by atoms with Crippen LogP contribution < -0.4 is 34.9 Å². The quantitative estimate of drug-likeness (QED) is 0.240. The van der Waals surface area contributed by atoms with Gasteiger partial charge in [0.25, 0.3) is 5.91 Å². The number of carboxylic acid groups (broad SMARTS) is 1. The van der Waals surface area contributed by atoms with Gasteiger partial charge in [-0.05, 0) is 61.4 Å². The first-order valence-corrected chi connectivity index (χ1v) is 12.4. The van der Waals surface area contributed by atoms with Crippen molar-refractivity contribution in [2.24, 2.45) is 0 Å². The molecule has 0 aliphatic heterocycles. The molecule has 0 bridgehead atoms. The van der Waals surface area contributed by atoms with E-state index in [4.69, 9.17) is 5.11 Å². The number of amides is 1. The molecule has 0 radical (unpaired) electrons. The Morgan fingerprint density at radius 3 is 2.29 bits per heavy atom. The maximum absolute atomic E-state index is 13.6. The number of aliphatic hydroxyl groups excluding tert-OH is 2. The number of benzene rings is 2. The van der Waals surface area contributed by atoms with Crippen LogP contribution in [0.15, 0.2) is 54.6 Å². The van der Waals surface area contributed by atoms with Crippen LogP contribution >= 0.6 is 0 Å². The molecule has 200 valence electrons. The number of aliphatic hydroxyl groups is 2. The summed E-state index contributed by atoms with van der Waals surface area (Å²) in [6.45, 7) is 4.33. The standard InChI is InChI=1S/C28H34FN3O5.Na.H/c1-18(2)26-24(13-12-22(33)16-23(34)17-25(35)36)32(21-10-8-20(29)9-11-21)31-27(26)28(37)30-15-14-19-6-4-3-5-7-19;;/h3-11,18,22-23,33-34H,12-17H2,1-2H3,(H,30,37)(H,35,36);;/q;+1;-1/t22-,23-;;/m1../s1. The molecule has 2 atom stereocenters. The van der Waals surface area contributed by atoms with Gasteiger partial charge in [0.2, 0.25) is 0 Å². The van der Waals surface area contributed by atoms with Gasteiger partial charge in [-0.15, -0.1) is 0 Å². The molecule has 0 saturated heterocycles. The number of hydrogen-bond acceptors (Lipinski definition) is 5. The Morgan fingerprint density at radius 1 is 1.03 bits per heavy atom. The van der Waals surface area contributed by atoms with E-state index < -0.39 is 30.4 Å². The second-order valence-electron chi connectivity index (χ2n) is 9.42. The van der Waals surface area contributed by atoms with E-state index in [2.05, 4.69) is 10.4 Å². The minimum atomic E-state index is -1.16. The van der Waals surface area contributed by atoms with Crippen molar-refractivity contribution in [2.45, 2.75) is 64.1 Å². The summed E-state index contributed by atoms with van der Waals surface area (Å²) in [7, 11) is 0. The van der Waals surface area contributed by atoms with E-state index in [-0.39, 0.29) is 61.3 Å². The molecule has 1 heterocycles. The van der Waals surface area contributed by atoms with Gasteiger partial charge in [0, 0.05) is 17.8 Å². The largest absolute Gasteiger partial charge is 1.00 e. The summed E-state index contributed by atoms with van der Waals surface area (Å²) in [4.78, 5) is 24.0. The summed E-state index contributed by atoms with van der Waals surface area (Å²) < 4.78 is 15.2. The average Bonchev–Trinajstić information content (AvgIpc) is 3.23. The second-order valence-corrected chi connectivity index (χ2v) is 9.42. The topological polar surface area (TPSA) is 125 Å². The number of carboxylic acids is 1. The molecule has 3 aromatic rings. The SMILES string of the molecule is CC(C)c1c(C(=O)NCCc2ccccc2)nn(-c2ccc(F)cc2)c1CC[C@@H](O)C[C@@H](O)CC(=O)O.[H-].[Na+]. The summed E-state index contributed by atoms with van der Waals surface area (Å²) in [5.74, 6) is -1.93. The summed E-state index contributed by atoms with van der Waals surface area (Å²) in [6, 6.07) is 15.6. The van der Waals surface area contributed by atoms with Gasteiger partial charge in [-0.2, -0.15) is 5.10 Å². The molecule has 8 nitrogen and oxygen atoms in total. The van der Waals surface area contributed by atoms with E-state index in [0.717, 1.165) is 11.1 Å². The van der Waals surface area contributed by atoms with Crippen molar-refractivity contribution in [1.82, 2.24) is 15.1 Å². The average molecular weight is 536 g/mol. The fraction of sp³-hybridized carbons (Fsp3) is 0.393. The third-order valence-corrected chi connectivity index (χ3v) is 6.10. The molecule has 0 fully saturated rings. The van der Waals surface area contributed by atoms with Crippen LogP contribution in [0.1, 0.15) is 67.8 Å². The van der Waals surface area contributed by atoms with Crippen molar-refractivity contribution < 1.29 is 60.3 Å². The summed E-state index contributed by atoms with van der Waals surface area (Å²) in [5, 5.41) is 36.7. The molecule has 2 aromatic carbocycles. The molecule has 1 amide bonds. The van der Waals surface area contributed by atoms with Crippen LogP contribution in [0.5, 0.6) is 0 Å². The number of carbonyl (C=O) groups is 2. The maximum Gasteiger partial charge on any atom is 1.00 e. The van der Waals surface area contributed by atoms with Crippen molar-refractivity contribution in [3.8, 4) is 5.69 Å². The van der Waals surface area contributed by atoms with E-state index in [9.17, 15) is 24.2 Å². The summed E-state index contributed by atoms with van der Waals surface area (Å²) in [6.07, 6.45) is -1.44. The van der Waals surface area contributed by atoms with Crippen LogP contribution in [0.4, 0.5) is 4.39 Å². The van der Waals surface area contributed by atoms with E-state index in [1.807, 2.05) is 44.2 Å². The van der Waals surface area contributed by atoms with Gasteiger partial charge >= 0.3 is 35.5 Å². The molecule has 0 saturated carbocycles. The van der Waals surface area contributed by atoms with Crippen molar-refractivity contribution in [2.75, 3.05) is 6.54 Å². The van der Waals surface area contributed by atoms with Crippen LogP contribution in [0.25, 0.3) is 5.69 Å². The smallest absolute Gasteiger partial charge is 1.00 e. The van der Waals surface area contributed by atoms with Crippen LogP contribution in [-0.4, -0.2) is 55.7 Å². The predicted octanol–water partition coefficient (Wildman–Crippen LogP) is 0.743. The Kier molecular flexibility index (Phi) is 12.6. The zero-order valence-corrected chi connectivity index (χ0v) is 24.1. The summed E-state index contributed by atoms with van der Waals surface area (Å²) in [5.41, 5.74) is 3.36. The third-order valence-electron chi connectivity index (χ3n) is 6.10. The minimum absolute atomic E-state index is 0. The number of halogens is 1. The molecule has 1 aromatic heterocycles. The Balaban J connectivity index is 0.00000380. The molecule has 0 spiro atoms. The Hall–Kier alpha value is -2.56. The molecule has 38 heavy (non-hydrogen) atoms. The van der Waals surface area contributed by atoms with Gasteiger partial charge in [-0.25, -0.2) is 9.07 Å². The predicted molar refractivity (Wildman–Crippen MR) is 138 cm³/mol. The van der Waals surface area contributed by atoms with E-state index in [1.54, 1.807) is 16.8 Å². The van der Waals surface area contributed by atoms with Crippen molar-refractivity contribution in [3.05, 3.63) is 82.9 Å². The maximum atomic E-state index is 13.6. The monoisotopic (exact) mass is 535 g/mol. The molecule has 0 aliphatic carbocycles. The van der Waals surface area contributed by atoms with Crippen LogP contribution in [0.2, 0.25) is 0 Å². The van der Waals surface area contributed by atoms with Crippen LogP contribution in [0, 0.1) is 5.82 Å². The number of rotatable bonds is 13. The van der Waals surface area contributed by atoms with Crippen molar-refractivity contribution >= 4 is 11.9 Å². The Labute approximate surface area is 245 Å². The van der Waals surface area contributed by atoms with Crippen molar-refractivity contribution in [1.29, 1.82) is 0 Å². The van der Waals surface area contributed by atoms with E-state index in [1.165, 1.54) is 12.1 Å². The first kappa shape index (κ1) is 31.7. The van der Waals surface area contributed by atoms with E-state index in [0.29, 0.717) is 30.8 Å². The molecule has 3 rings (SSSR count). The van der Waals surface area contributed by atoms with Gasteiger partial charge in [0.1, 0.15) is 5.82 Å². The zero-order chi connectivity index (χ0) is 26.9. The first-order valence-electron chi connectivity index (χ1n) is 12.4. The van der Waals surface area contributed by atoms with Gasteiger partial charge in [-0.3, -0.25) is 9.59 Å². The zero-order valence-electron chi connectivity index (χ0n) is 23.1. The number of nitrogens with one attached hydrogen (secondary N) is 1. The minimum Gasteiger partial charge on any atom is -1.00 e. The number of hydrogen-bond donors (Lipinski definition) is 4. The second kappa shape index (κ2) is 15.1. The number of nitrogens with zero attached hydrogens (tertiary/aromatic N) is 2. The molecule has 10 heteroatoms. The number of aromatic nitrogens is 2. The Morgan fingerprint density at radius 2 is 1.68 bits per heavy atom. The first-order chi connectivity index (χ1) is 17.7. The van der Waals surface area contributed by atoms with Gasteiger partial charge in [0.15, 0.2) is 5.69 Å².